The lowest BCUT2D eigenvalue weighted by atomic mass is 9.91. The minimum atomic E-state index is -4.36. The average molecular weight is 378 g/mol. The topological polar surface area (TPSA) is 51.0 Å². The Hall–Kier alpha value is -2.38. The van der Waals surface area contributed by atoms with Gasteiger partial charge in [-0.1, -0.05) is 17.3 Å². The zero-order valence-corrected chi connectivity index (χ0v) is 14.8. The highest BCUT2D eigenvalue weighted by Crippen LogP contribution is 2.50. The number of nitrogens with zero attached hydrogens (tertiary/aromatic N) is 4. The van der Waals surface area contributed by atoms with Crippen LogP contribution in [0.2, 0.25) is 0 Å². The molecule has 2 aromatic rings. The minimum absolute atomic E-state index is 0.0468. The maximum absolute atomic E-state index is 13.2. The maximum atomic E-state index is 13.2. The number of aromatic nitrogens is 3. The molecule has 4 rings (SSSR count). The fraction of sp³-hybridized carbons (Fsp3) is 0.526. The zero-order chi connectivity index (χ0) is 19.1. The molecule has 1 saturated heterocycles. The number of benzene rings is 1. The number of halogens is 3. The SMILES string of the molecule is O=C(N1CCCC(Cn2ccnn2)C1)C1(c2ccc(C(F)(F)F)cc2)CC1. The molecule has 144 valence electrons. The third-order valence-electron chi connectivity index (χ3n) is 5.65. The first kappa shape index (κ1) is 18.0. The maximum Gasteiger partial charge on any atom is 0.416 e. The molecule has 1 atom stereocenters. The van der Waals surface area contributed by atoms with Crippen LogP contribution in [0.15, 0.2) is 36.7 Å². The molecule has 1 aromatic heterocycles. The summed E-state index contributed by atoms with van der Waals surface area (Å²) in [5, 5.41) is 7.80. The lowest BCUT2D eigenvalue weighted by molar-refractivity contribution is -0.137. The molecular weight excluding hydrogens is 357 g/mol. The van der Waals surface area contributed by atoms with Crippen molar-refractivity contribution in [3.8, 4) is 0 Å². The van der Waals surface area contributed by atoms with E-state index in [-0.39, 0.29) is 5.91 Å². The van der Waals surface area contributed by atoms with Crippen LogP contribution in [0.5, 0.6) is 0 Å². The predicted octanol–water partition coefficient (Wildman–Crippen LogP) is 3.27. The van der Waals surface area contributed by atoms with Crippen molar-refractivity contribution in [3.05, 3.63) is 47.8 Å². The second-order valence-electron chi connectivity index (χ2n) is 7.54. The van der Waals surface area contributed by atoms with Crippen molar-refractivity contribution in [1.29, 1.82) is 0 Å². The van der Waals surface area contributed by atoms with Crippen molar-refractivity contribution < 1.29 is 18.0 Å². The zero-order valence-electron chi connectivity index (χ0n) is 14.8. The van der Waals surface area contributed by atoms with E-state index < -0.39 is 17.2 Å². The third-order valence-corrected chi connectivity index (χ3v) is 5.65. The summed E-state index contributed by atoms with van der Waals surface area (Å²) in [6, 6.07) is 5.08. The molecule has 0 spiro atoms. The number of amides is 1. The van der Waals surface area contributed by atoms with Gasteiger partial charge in [0.15, 0.2) is 0 Å². The van der Waals surface area contributed by atoms with Crippen LogP contribution >= 0.6 is 0 Å². The molecule has 8 heteroatoms. The molecule has 0 radical (unpaired) electrons. The van der Waals surface area contributed by atoms with Crippen LogP contribution in [-0.2, 0) is 22.9 Å². The van der Waals surface area contributed by atoms with Gasteiger partial charge >= 0.3 is 6.18 Å². The quantitative estimate of drug-likeness (QED) is 0.821. The fourth-order valence-electron chi connectivity index (χ4n) is 4.03. The van der Waals surface area contributed by atoms with Gasteiger partial charge in [-0.3, -0.25) is 9.48 Å². The number of hydrogen-bond donors (Lipinski definition) is 0. The molecule has 1 aliphatic heterocycles. The van der Waals surface area contributed by atoms with E-state index >= 15 is 0 Å². The van der Waals surface area contributed by atoms with Gasteiger partial charge in [0.1, 0.15) is 0 Å². The summed E-state index contributed by atoms with van der Waals surface area (Å²) in [5.41, 5.74) is -0.626. The Morgan fingerprint density at radius 1 is 1.22 bits per heavy atom. The molecule has 0 bridgehead atoms. The Bertz CT molecular complexity index is 797. The van der Waals surface area contributed by atoms with Gasteiger partial charge in [-0.25, -0.2) is 0 Å². The van der Waals surface area contributed by atoms with Crippen molar-refractivity contribution in [2.75, 3.05) is 13.1 Å². The first-order valence-corrected chi connectivity index (χ1v) is 9.20. The molecule has 27 heavy (non-hydrogen) atoms. The Morgan fingerprint density at radius 2 is 1.96 bits per heavy atom. The van der Waals surface area contributed by atoms with Gasteiger partial charge in [-0.15, -0.1) is 5.10 Å². The number of carbonyl (C=O) groups is 1. The van der Waals surface area contributed by atoms with E-state index in [4.69, 9.17) is 0 Å². The molecule has 0 N–H and O–H groups in total. The molecule has 5 nitrogen and oxygen atoms in total. The standard InChI is InChI=1S/C19H21F3N4O/c20-19(21,22)16-5-3-15(4-6-16)18(7-8-18)17(27)25-10-1-2-14(12-25)13-26-11-9-23-24-26/h3-6,9,11,14H,1-2,7-8,10,12-13H2. The molecule has 1 saturated carbocycles. The lowest BCUT2D eigenvalue weighted by Gasteiger charge is -2.35. The highest BCUT2D eigenvalue weighted by atomic mass is 19.4. The fourth-order valence-corrected chi connectivity index (χ4v) is 4.03. The molecule has 1 amide bonds. The molecule has 1 aliphatic carbocycles. The number of likely N-dealkylation sites (tertiary alicyclic amines) is 1. The van der Waals surface area contributed by atoms with E-state index in [0.717, 1.165) is 31.5 Å². The number of piperidine rings is 1. The van der Waals surface area contributed by atoms with Gasteiger partial charge < -0.3 is 4.90 Å². The summed E-state index contributed by atoms with van der Waals surface area (Å²) < 4.78 is 40.2. The number of rotatable bonds is 4. The molecule has 1 aromatic carbocycles. The van der Waals surface area contributed by atoms with E-state index in [0.29, 0.717) is 37.4 Å². The monoisotopic (exact) mass is 378 g/mol. The van der Waals surface area contributed by atoms with Gasteiger partial charge in [0, 0.05) is 25.8 Å². The van der Waals surface area contributed by atoms with Crippen LogP contribution in [0.3, 0.4) is 0 Å². The average Bonchev–Trinajstić information content (AvgIpc) is 3.31. The van der Waals surface area contributed by atoms with Gasteiger partial charge in [0.2, 0.25) is 5.91 Å². The first-order valence-electron chi connectivity index (χ1n) is 9.20. The second-order valence-corrected chi connectivity index (χ2v) is 7.54. The molecule has 1 unspecified atom stereocenters. The smallest absolute Gasteiger partial charge is 0.342 e. The third kappa shape index (κ3) is 3.57. The van der Waals surface area contributed by atoms with Crippen molar-refractivity contribution in [1.82, 2.24) is 19.9 Å². The van der Waals surface area contributed by atoms with E-state index in [1.165, 1.54) is 12.1 Å². The van der Waals surface area contributed by atoms with Crippen LogP contribution in [0, 0.1) is 5.92 Å². The summed E-state index contributed by atoms with van der Waals surface area (Å²) in [6.45, 7) is 2.08. The summed E-state index contributed by atoms with van der Waals surface area (Å²) in [7, 11) is 0. The predicted molar refractivity (Wildman–Crippen MR) is 91.7 cm³/mol. The Labute approximate surface area is 155 Å². The van der Waals surface area contributed by atoms with Crippen LogP contribution < -0.4 is 0 Å². The van der Waals surface area contributed by atoms with E-state index in [1.54, 1.807) is 10.9 Å². The van der Waals surface area contributed by atoms with Crippen LogP contribution in [0.1, 0.15) is 36.8 Å². The summed E-state index contributed by atoms with van der Waals surface area (Å²) in [5.74, 6) is 0.360. The first-order chi connectivity index (χ1) is 12.9. The molecule has 2 heterocycles. The normalized spacial score (nSPS) is 21.9. The summed E-state index contributed by atoms with van der Waals surface area (Å²) >= 11 is 0. The summed E-state index contributed by atoms with van der Waals surface area (Å²) in [6.07, 6.45) is 2.43. The Balaban J connectivity index is 1.46. The van der Waals surface area contributed by atoms with Gasteiger partial charge in [0.05, 0.1) is 17.2 Å². The van der Waals surface area contributed by atoms with Crippen molar-refractivity contribution in [2.45, 2.75) is 43.8 Å². The lowest BCUT2D eigenvalue weighted by Crippen LogP contribution is -2.45. The Kier molecular flexibility index (Phi) is 4.44. The van der Waals surface area contributed by atoms with Crippen molar-refractivity contribution in [3.63, 3.8) is 0 Å². The largest absolute Gasteiger partial charge is 0.416 e. The number of hydrogen-bond acceptors (Lipinski definition) is 3. The highest BCUT2D eigenvalue weighted by molar-refractivity contribution is 5.91. The number of alkyl halides is 3. The second kappa shape index (κ2) is 6.65. The highest BCUT2D eigenvalue weighted by Gasteiger charge is 2.53. The van der Waals surface area contributed by atoms with Crippen molar-refractivity contribution >= 4 is 5.91 Å². The van der Waals surface area contributed by atoms with E-state index in [1.807, 2.05) is 11.1 Å². The van der Waals surface area contributed by atoms with Crippen LogP contribution in [0.25, 0.3) is 0 Å². The van der Waals surface area contributed by atoms with Gasteiger partial charge in [-0.2, -0.15) is 13.2 Å². The minimum Gasteiger partial charge on any atom is -0.342 e. The van der Waals surface area contributed by atoms with Crippen LogP contribution in [-0.4, -0.2) is 38.9 Å². The number of carbonyl (C=O) groups excluding carboxylic acids is 1. The van der Waals surface area contributed by atoms with E-state index in [9.17, 15) is 18.0 Å². The van der Waals surface area contributed by atoms with Crippen molar-refractivity contribution in [2.24, 2.45) is 5.92 Å². The van der Waals surface area contributed by atoms with Gasteiger partial charge in [-0.05, 0) is 49.3 Å². The summed E-state index contributed by atoms with van der Waals surface area (Å²) in [4.78, 5) is 15.1. The molecule has 2 fully saturated rings. The van der Waals surface area contributed by atoms with Gasteiger partial charge in [0.25, 0.3) is 0 Å². The molecule has 2 aliphatic rings. The van der Waals surface area contributed by atoms with E-state index in [2.05, 4.69) is 10.3 Å². The molecular formula is C19H21F3N4O. The van der Waals surface area contributed by atoms with Crippen LogP contribution in [0.4, 0.5) is 13.2 Å². The Morgan fingerprint density at radius 3 is 2.56 bits per heavy atom.